The molecule has 1 saturated heterocycles. The predicted octanol–water partition coefficient (Wildman–Crippen LogP) is 2.28. The highest BCUT2D eigenvalue weighted by atomic mass is 79.9. The number of carbonyl (C=O) groups excluding carboxylic acids is 1. The fraction of sp³-hybridized carbons (Fsp3) is 0.500. The summed E-state index contributed by atoms with van der Waals surface area (Å²) in [6.45, 7) is 1.57. The Labute approximate surface area is 122 Å². The smallest absolute Gasteiger partial charge is 0.257 e. The van der Waals surface area contributed by atoms with E-state index in [9.17, 15) is 4.79 Å². The van der Waals surface area contributed by atoms with E-state index in [1.54, 1.807) is 7.11 Å². The van der Waals surface area contributed by atoms with Gasteiger partial charge in [0.2, 0.25) is 0 Å². The van der Waals surface area contributed by atoms with Crippen molar-refractivity contribution >= 4 is 21.8 Å². The van der Waals surface area contributed by atoms with Crippen molar-refractivity contribution in [1.29, 1.82) is 0 Å². The van der Waals surface area contributed by atoms with Gasteiger partial charge in [-0.2, -0.15) is 0 Å². The second-order valence-corrected chi connectivity index (χ2v) is 5.64. The number of nitrogens with one attached hydrogen (secondary N) is 1. The van der Waals surface area contributed by atoms with Crippen LogP contribution in [0.2, 0.25) is 0 Å². The van der Waals surface area contributed by atoms with Crippen molar-refractivity contribution in [1.82, 2.24) is 10.2 Å². The van der Waals surface area contributed by atoms with Crippen LogP contribution in [0.25, 0.3) is 0 Å². The molecule has 4 nitrogen and oxygen atoms in total. The van der Waals surface area contributed by atoms with Gasteiger partial charge in [-0.15, -0.1) is 0 Å². The summed E-state index contributed by atoms with van der Waals surface area (Å²) in [7, 11) is 3.53. The number of nitrogens with zero attached hydrogens (tertiary/aromatic N) is 1. The Balaban J connectivity index is 2.19. The van der Waals surface area contributed by atoms with Crippen LogP contribution in [0, 0.1) is 0 Å². The number of halogens is 1. The minimum atomic E-state index is 0.0456. The number of benzene rings is 1. The zero-order chi connectivity index (χ0) is 13.8. The van der Waals surface area contributed by atoms with Gasteiger partial charge < -0.3 is 15.0 Å². The molecule has 1 amide bonds. The van der Waals surface area contributed by atoms with Crippen molar-refractivity contribution in [2.75, 3.05) is 27.2 Å². The van der Waals surface area contributed by atoms with E-state index in [2.05, 4.69) is 21.2 Å². The van der Waals surface area contributed by atoms with Crippen molar-refractivity contribution in [3.8, 4) is 5.75 Å². The van der Waals surface area contributed by atoms with E-state index in [4.69, 9.17) is 4.74 Å². The first-order chi connectivity index (χ1) is 9.15. The highest BCUT2D eigenvalue weighted by Gasteiger charge is 2.25. The Hall–Kier alpha value is -1.07. The summed E-state index contributed by atoms with van der Waals surface area (Å²) in [5, 5.41) is 3.25. The van der Waals surface area contributed by atoms with E-state index in [0.29, 0.717) is 17.4 Å². The molecule has 5 heteroatoms. The third kappa shape index (κ3) is 3.28. The van der Waals surface area contributed by atoms with Crippen molar-refractivity contribution in [3.05, 3.63) is 28.2 Å². The topological polar surface area (TPSA) is 41.6 Å². The molecule has 0 spiro atoms. The molecule has 1 aromatic rings. The number of likely N-dealkylation sites (tertiary alicyclic amines) is 1. The number of rotatable bonds is 3. The van der Waals surface area contributed by atoms with E-state index >= 15 is 0 Å². The van der Waals surface area contributed by atoms with Gasteiger partial charge in [0.05, 0.1) is 12.7 Å². The largest absolute Gasteiger partial charge is 0.496 e. The summed E-state index contributed by atoms with van der Waals surface area (Å²) in [4.78, 5) is 14.5. The van der Waals surface area contributed by atoms with Crippen molar-refractivity contribution in [2.45, 2.75) is 18.9 Å². The third-order valence-corrected chi connectivity index (χ3v) is 4.00. The number of likely N-dealkylation sites (N-methyl/N-ethyl adjacent to an activating group) is 1. The molecule has 1 heterocycles. The number of amides is 1. The van der Waals surface area contributed by atoms with E-state index < -0.39 is 0 Å². The molecule has 104 valence electrons. The van der Waals surface area contributed by atoms with Gasteiger partial charge in [0.15, 0.2) is 0 Å². The maximum Gasteiger partial charge on any atom is 0.257 e. The number of hydrogen-bond donors (Lipinski definition) is 1. The van der Waals surface area contributed by atoms with Gasteiger partial charge in [0.1, 0.15) is 5.75 Å². The zero-order valence-corrected chi connectivity index (χ0v) is 12.9. The lowest BCUT2D eigenvalue weighted by Gasteiger charge is -2.32. The lowest BCUT2D eigenvalue weighted by atomic mass is 10.0. The van der Waals surface area contributed by atoms with Crippen LogP contribution in [0.5, 0.6) is 5.75 Å². The van der Waals surface area contributed by atoms with Crippen LogP contribution in [-0.2, 0) is 0 Å². The molecule has 1 fully saturated rings. The molecule has 1 aliphatic rings. The highest BCUT2D eigenvalue weighted by Crippen LogP contribution is 2.25. The minimum absolute atomic E-state index is 0.0456. The first-order valence-electron chi connectivity index (χ1n) is 6.45. The molecular formula is C14H19BrN2O2. The first kappa shape index (κ1) is 14.3. The van der Waals surface area contributed by atoms with Crippen molar-refractivity contribution < 1.29 is 9.53 Å². The maximum absolute atomic E-state index is 12.6. The predicted molar refractivity (Wildman–Crippen MR) is 78.7 cm³/mol. The van der Waals surface area contributed by atoms with Gasteiger partial charge >= 0.3 is 0 Å². The van der Waals surface area contributed by atoms with Gasteiger partial charge in [0.25, 0.3) is 5.91 Å². The average Bonchev–Trinajstić information content (AvgIpc) is 2.46. The van der Waals surface area contributed by atoms with Crippen molar-refractivity contribution in [2.24, 2.45) is 0 Å². The van der Waals surface area contributed by atoms with Crippen LogP contribution in [0.4, 0.5) is 0 Å². The second-order valence-electron chi connectivity index (χ2n) is 4.72. The molecule has 1 aromatic carbocycles. The number of methoxy groups -OCH3 is 1. The molecule has 0 bridgehead atoms. The van der Waals surface area contributed by atoms with E-state index in [1.165, 1.54) is 0 Å². The van der Waals surface area contributed by atoms with E-state index in [1.807, 2.05) is 30.1 Å². The standard InChI is InChI=1S/C14H19BrN2O2/c1-16-11-4-3-7-17(9-11)14(18)12-6-5-10(15)8-13(12)19-2/h5-6,8,11,16H,3-4,7,9H2,1-2H3. The Morgan fingerprint density at radius 2 is 2.32 bits per heavy atom. The quantitative estimate of drug-likeness (QED) is 0.926. The minimum Gasteiger partial charge on any atom is -0.496 e. The number of hydrogen-bond acceptors (Lipinski definition) is 3. The molecular weight excluding hydrogens is 308 g/mol. The van der Waals surface area contributed by atoms with Gasteiger partial charge in [-0.25, -0.2) is 0 Å². The number of carbonyl (C=O) groups is 1. The molecule has 2 rings (SSSR count). The summed E-state index contributed by atoms with van der Waals surface area (Å²) < 4.78 is 6.21. The summed E-state index contributed by atoms with van der Waals surface area (Å²) in [6.07, 6.45) is 2.16. The molecule has 19 heavy (non-hydrogen) atoms. The summed E-state index contributed by atoms with van der Waals surface area (Å²) in [5.41, 5.74) is 0.627. The highest BCUT2D eigenvalue weighted by molar-refractivity contribution is 9.10. The van der Waals surface area contributed by atoms with Gasteiger partial charge in [-0.1, -0.05) is 15.9 Å². The Kier molecular flexibility index (Phi) is 4.82. The molecule has 1 aliphatic heterocycles. The molecule has 0 aliphatic carbocycles. The van der Waals surface area contributed by atoms with E-state index in [0.717, 1.165) is 30.4 Å². The van der Waals surface area contributed by atoms with Crippen LogP contribution in [0.3, 0.4) is 0 Å². The Morgan fingerprint density at radius 3 is 3.00 bits per heavy atom. The Bertz CT molecular complexity index is 465. The molecule has 1 atom stereocenters. The fourth-order valence-electron chi connectivity index (χ4n) is 2.41. The molecule has 0 radical (unpaired) electrons. The maximum atomic E-state index is 12.6. The van der Waals surface area contributed by atoms with Crippen LogP contribution in [0.1, 0.15) is 23.2 Å². The lowest BCUT2D eigenvalue weighted by molar-refractivity contribution is 0.0695. The first-order valence-corrected chi connectivity index (χ1v) is 7.25. The van der Waals surface area contributed by atoms with Crippen LogP contribution in [-0.4, -0.2) is 44.1 Å². The average molecular weight is 327 g/mol. The van der Waals surface area contributed by atoms with Crippen molar-refractivity contribution in [3.63, 3.8) is 0 Å². The van der Waals surface area contributed by atoms with Crippen LogP contribution >= 0.6 is 15.9 Å². The summed E-state index contributed by atoms with van der Waals surface area (Å²) in [5.74, 6) is 0.662. The summed E-state index contributed by atoms with van der Waals surface area (Å²) in [6, 6.07) is 5.90. The third-order valence-electron chi connectivity index (χ3n) is 3.51. The molecule has 0 aromatic heterocycles. The van der Waals surface area contributed by atoms with Crippen LogP contribution in [0.15, 0.2) is 22.7 Å². The van der Waals surface area contributed by atoms with Gasteiger partial charge in [-0.05, 0) is 38.1 Å². The normalized spacial score (nSPS) is 19.3. The molecule has 1 N–H and O–H groups in total. The monoisotopic (exact) mass is 326 g/mol. The fourth-order valence-corrected chi connectivity index (χ4v) is 2.75. The van der Waals surface area contributed by atoms with Gasteiger partial charge in [-0.3, -0.25) is 4.79 Å². The number of piperidine rings is 1. The van der Waals surface area contributed by atoms with E-state index in [-0.39, 0.29) is 5.91 Å². The van der Waals surface area contributed by atoms with Gasteiger partial charge in [0, 0.05) is 23.6 Å². The summed E-state index contributed by atoms with van der Waals surface area (Å²) >= 11 is 3.39. The lowest BCUT2D eigenvalue weighted by Crippen LogP contribution is -2.47. The Morgan fingerprint density at radius 1 is 1.53 bits per heavy atom. The molecule has 1 unspecified atom stereocenters. The zero-order valence-electron chi connectivity index (χ0n) is 11.3. The molecule has 0 saturated carbocycles. The van der Waals surface area contributed by atoms with Crippen LogP contribution < -0.4 is 10.1 Å². The number of ether oxygens (including phenoxy) is 1. The SMILES string of the molecule is CNC1CCCN(C(=O)c2ccc(Br)cc2OC)C1. The second kappa shape index (κ2) is 6.39.